The summed E-state index contributed by atoms with van der Waals surface area (Å²) in [5, 5.41) is 0. The van der Waals surface area contributed by atoms with Crippen LogP contribution in [0.5, 0.6) is 5.75 Å². The van der Waals surface area contributed by atoms with E-state index in [4.69, 9.17) is 9.47 Å². The molecule has 2 fully saturated rings. The Hall–Kier alpha value is -2.76. The molecule has 2 aromatic carbocycles. The highest BCUT2D eigenvalue weighted by Crippen LogP contribution is 2.41. The third kappa shape index (κ3) is 5.74. The first-order chi connectivity index (χ1) is 16.9. The van der Waals surface area contributed by atoms with E-state index in [1.165, 1.54) is 12.1 Å². The first kappa shape index (κ1) is 25.3. The number of rotatable bonds is 7. The Morgan fingerprint density at radius 1 is 0.914 bits per heavy atom. The van der Waals surface area contributed by atoms with Crippen LogP contribution in [0.4, 0.5) is 13.2 Å². The van der Waals surface area contributed by atoms with Gasteiger partial charge < -0.3 is 9.47 Å². The SMILES string of the molecule is C=CC1CCC(c2ccc(C3CCC(OC(=O)c4ccc(OCC)c(F)c4)CC3)c(F)c2F)CC1. The van der Waals surface area contributed by atoms with Crippen molar-refractivity contribution >= 4 is 5.97 Å². The molecule has 2 saturated carbocycles. The lowest BCUT2D eigenvalue weighted by Crippen LogP contribution is -2.24. The van der Waals surface area contributed by atoms with Crippen molar-refractivity contribution in [2.45, 2.75) is 76.2 Å². The van der Waals surface area contributed by atoms with Crippen molar-refractivity contribution in [1.29, 1.82) is 0 Å². The number of carbonyl (C=O) groups is 1. The smallest absolute Gasteiger partial charge is 0.338 e. The van der Waals surface area contributed by atoms with Gasteiger partial charge in [-0.2, -0.15) is 0 Å². The molecule has 2 aliphatic rings. The third-order valence-corrected chi connectivity index (χ3v) is 7.54. The van der Waals surface area contributed by atoms with Crippen molar-refractivity contribution in [3.63, 3.8) is 0 Å². The summed E-state index contributed by atoms with van der Waals surface area (Å²) in [6, 6.07) is 7.51. The number of ether oxygens (including phenoxy) is 2. The molecule has 0 atom stereocenters. The summed E-state index contributed by atoms with van der Waals surface area (Å²) >= 11 is 0. The van der Waals surface area contributed by atoms with E-state index < -0.39 is 23.4 Å². The molecule has 0 bridgehead atoms. The van der Waals surface area contributed by atoms with Gasteiger partial charge in [-0.25, -0.2) is 18.0 Å². The molecule has 0 saturated heterocycles. The fourth-order valence-corrected chi connectivity index (χ4v) is 5.49. The standard InChI is InChI=1S/C29H33F3O3/c1-3-18-5-7-19(8-6-18)23-14-15-24(28(32)27(23)31)20-9-12-22(13-10-20)35-29(33)21-11-16-26(34-4-2)25(30)17-21/h3,11,14-20,22H,1,4-10,12-13H2,2H3. The maximum atomic E-state index is 15.1. The number of esters is 1. The van der Waals surface area contributed by atoms with Gasteiger partial charge in [-0.15, -0.1) is 6.58 Å². The fraction of sp³-hybridized carbons (Fsp3) is 0.483. The number of benzene rings is 2. The summed E-state index contributed by atoms with van der Waals surface area (Å²) in [7, 11) is 0. The predicted octanol–water partition coefficient (Wildman–Crippen LogP) is 7.85. The predicted molar refractivity (Wildman–Crippen MR) is 129 cm³/mol. The number of allylic oxidation sites excluding steroid dienone is 1. The normalized spacial score (nSPS) is 24.6. The highest BCUT2D eigenvalue weighted by atomic mass is 19.2. The Balaban J connectivity index is 1.34. The molecule has 3 nitrogen and oxygen atoms in total. The van der Waals surface area contributed by atoms with E-state index in [2.05, 4.69) is 6.58 Å². The van der Waals surface area contributed by atoms with Gasteiger partial charge in [0.1, 0.15) is 6.10 Å². The molecular formula is C29H33F3O3. The monoisotopic (exact) mass is 486 g/mol. The molecule has 0 aliphatic heterocycles. The van der Waals surface area contributed by atoms with Crippen molar-refractivity contribution in [3.05, 3.63) is 77.1 Å². The number of hydrogen-bond donors (Lipinski definition) is 0. The average Bonchev–Trinajstić information content (AvgIpc) is 2.87. The summed E-state index contributed by atoms with van der Waals surface area (Å²) in [4.78, 5) is 12.5. The Labute approximate surface area is 205 Å². The van der Waals surface area contributed by atoms with Gasteiger partial charge in [0.2, 0.25) is 0 Å². The number of carbonyl (C=O) groups excluding carboxylic acids is 1. The van der Waals surface area contributed by atoms with E-state index in [0.717, 1.165) is 31.7 Å². The summed E-state index contributed by atoms with van der Waals surface area (Å²) in [6.45, 7) is 5.92. The van der Waals surface area contributed by atoms with Gasteiger partial charge in [-0.05, 0) is 105 Å². The van der Waals surface area contributed by atoms with Gasteiger partial charge in [-0.1, -0.05) is 18.2 Å². The minimum Gasteiger partial charge on any atom is -0.491 e. The second-order valence-electron chi connectivity index (χ2n) is 9.68. The summed E-state index contributed by atoms with van der Waals surface area (Å²) in [5.74, 6) is -2.16. The molecule has 0 unspecified atom stereocenters. The molecule has 4 rings (SSSR count). The summed E-state index contributed by atoms with van der Waals surface area (Å²) < 4.78 is 54.9. The van der Waals surface area contributed by atoms with Crippen LogP contribution in [-0.2, 0) is 4.74 Å². The van der Waals surface area contributed by atoms with Crippen molar-refractivity contribution in [3.8, 4) is 5.75 Å². The minimum atomic E-state index is -0.737. The van der Waals surface area contributed by atoms with Crippen LogP contribution in [-0.4, -0.2) is 18.7 Å². The topological polar surface area (TPSA) is 35.5 Å². The van der Waals surface area contributed by atoms with Crippen molar-refractivity contribution < 1.29 is 27.4 Å². The Bertz CT molecular complexity index is 1050. The van der Waals surface area contributed by atoms with Crippen LogP contribution in [0, 0.1) is 23.4 Å². The molecule has 6 heteroatoms. The lowest BCUT2D eigenvalue weighted by Gasteiger charge is -2.30. The molecule has 0 N–H and O–H groups in total. The molecule has 2 aliphatic carbocycles. The van der Waals surface area contributed by atoms with Crippen molar-refractivity contribution in [1.82, 2.24) is 0 Å². The lowest BCUT2D eigenvalue weighted by atomic mass is 9.77. The highest BCUT2D eigenvalue weighted by Gasteiger charge is 2.30. The van der Waals surface area contributed by atoms with Gasteiger partial charge in [0.05, 0.1) is 12.2 Å². The molecule has 0 spiro atoms. The van der Waals surface area contributed by atoms with Crippen molar-refractivity contribution in [2.75, 3.05) is 6.61 Å². The fourth-order valence-electron chi connectivity index (χ4n) is 5.49. The van der Waals surface area contributed by atoms with Crippen LogP contribution < -0.4 is 4.74 Å². The van der Waals surface area contributed by atoms with E-state index in [1.807, 2.05) is 6.08 Å². The van der Waals surface area contributed by atoms with Crippen LogP contribution in [0.25, 0.3) is 0 Å². The van der Waals surface area contributed by atoms with E-state index >= 15 is 8.78 Å². The van der Waals surface area contributed by atoms with E-state index in [1.54, 1.807) is 19.1 Å². The molecule has 0 aromatic heterocycles. The molecule has 35 heavy (non-hydrogen) atoms. The second kappa shape index (κ2) is 11.3. The van der Waals surface area contributed by atoms with Crippen LogP contribution in [0.15, 0.2) is 43.0 Å². The first-order valence-electron chi connectivity index (χ1n) is 12.6. The Morgan fingerprint density at radius 2 is 1.49 bits per heavy atom. The quantitative estimate of drug-likeness (QED) is 0.295. The zero-order valence-corrected chi connectivity index (χ0v) is 20.2. The van der Waals surface area contributed by atoms with Gasteiger partial charge >= 0.3 is 5.97 Å². The maximum absolute atomic E-state index is 15.1. The summed E-state index contributed by atoms with van der Waals surface area (Å²) in [6.07, 6.45) is 7.52. The molecule has 2 aromatic rings. The third-order valence-electron chi connectivity index (χ3n) is 7.54. The minimum absolute atomic E-state index is 0.0531. The number of hydrogen-bond acceptors (Lipinski definition) is 3. The molecule has 0 radical (unpaired) electrons. The van der Waals surface area contributed by atoms with Gasteiger partial charge in [0, 0.05) is 0 Å². The maximum Gasteiger partial charge on any atom is 0.338 e. The van der Waals surface area contributed by atoms with Crippen LogP contribution in [0.1, 0.15) is 91.6 Å². The first-order valence-corrected chi connectivity index (χ1v) is 12.6. The van der Waals surface area contributed by atoms with Crippen molar-refractivity contribution in [2.24, 2.45) is 5.92 Å². The average molecular weight is 487 g/mol. The molecule has 188 valence electrons. The molecule has 0 amide bonds. The van der Waals surface area contributed by atoms with Gasteiger partial charge in [0.25, 0.3) is 0 Å². The van der Waals surface area contributed by atoms with Gasteiger partial charge in [0.15, 0.2) is 23.2 Å². The van der Waals surface area contributed by atoms with Crippen LogP contribution >= 0.6 is 0 Å². The second-order valence-corrected chi connectivity index (χ2v) is 9.68. The zero-order valence-electron chi connectivity index (χ0n) is 20.2. The summed E-state index contributed by atoms with van der Waals surface area (Å²) in [5.41, 5.74) is 1.02. The van der Waals surface area contributed by atoms with E-state index in [9.17, 15) is 9.18 Å². The molecule has 0 heterocycles. The number of halogens is 3. The Kier molecular flexibility index (Phi) is 8.19. The van der Waals surface area contributed by atoms with E-state index in [0.29, 0.717) is 49.3 Å². The van der Waals surface area contributed by atoms with Gasteiger partial charge in [-0.3, -0.25) is 0 Å². The van der Waals surface area contributed by atoms with Crippen LogP contribution in [0.2, 0.25) is 0 Å². The Morgan fingerprint density at radius 3 is 2.00 bits per heavy atom. The lowest BCUT2D eigenvalue weighted by molar-refractivity contribution is 0.0193. The van der Waals surface area contributed by atoms with E-state index in [-0.39, 0.29) is 29.3 Å². The highest BCUT2D eigenvalue weighted by molar-refractivity contribution is 5.89. The van der Waals surface area contributed by atoms with Crippen LogP contribution in [0.3, 0.4) is 0 Å². The molecular weight excluding hydrogens is 453 g/mol. The zero-order chi connectivity index (χ0) is 24.9. The largest absolute Gasteiger partial charge is 0.491 e.